The molecule has 87 valence electrons. The van der Waals surface area contributed by atoms with E-state index in [1.165, 1.54) is 36.4 Å². The molecular formula is C13H7F4. The summed E-state index contributed by atoms with van der Waals surface area (Å²) in [5.41, 5.74) is -0.765. The van der Waals surface area contributed by atoms with Gasteiger partial charge in [0.15, 0.2) is 0 Å². The molecule has 17 heavy (non-hydrogen) atoms. The summed E-state index contributed by atoms with van der Waals surface area (Å²) in [6.07, 6.45) is -4.50. The molecule has 0 aliphatic rings. The lowest BCUT2D eigenvalue weighted by molar-refractivity contribution is -0.137. The highest BCUT2D eigenvalue weighted by atomic mass is 19.4. The molecule has 0 fully saturated rings. The van der Waals surface area contributed by atoms with Crippen molar-refractivity contribution in [1.82, 2.24) is 0 Å². The number of hydrogen-bond donors (Lipinski definition) is 0. The molecule has 0 saturated carbocycles. The molecule has 0 saturated heterocycles. The molecule has 0 N–H and O–H groups in total. The van der Waals surface area contributed by atoms with E-state index in [1.807, 2.05) is 0 Å². The van der Waals surface area contributed by atoms with Crippen molar-refractivity contribution in [3.8, 4) is 11.1 Å². The number of hydrogen-bond acceptors (Lipinski definition) is 0. The fraction of sp³-hybridized carbons (Fsp3) is 0.0769. The lowest BCUT2D eigenvalue weighted by Gasteiger charge is -2.12. The molecule has 0 aliphatic carbocycles. The summed E-state index contributed by atoms with van der Waals surface area (Å²) >= 11 is 0. The number of alkyl halides is 3. The van der Waals surface area contributed by atoms with Gasteiger partial charge in [-0.1, -0.05) is 30.3 Å². The van der Waals surface area contributed by atoms with E-state index in [1.54, 1.807) is 0 Å². The normalized spacial score (nSPS) is 11.5. The largest absolute Gasteiger partial charge is 0.417 e. The number of benzene rings is 2. The standard InChI is InChI=1S/C13H7F4/c14-10-5-3-4-9(8-10)11-6-1-2-7-12(11)13(15,16)17/h1-6,8H. The van der Waals surface area contributed by atoms with Crippen LogP contribution < -0.4 is 0 Å². The molecule has 4 heteroatoms. The summed E-state index contributed by atoms with van der Waals surface area (Å²) in [5, 5.41) is 0. The Labute approximate surface area is 95.5 Å². The van der Waals surface area contributed by atoms with Crippen LogP contribution in [0.2, 0.25) is 0 Å². The molecule has 2 rings (SSSR count). The minimum absolute atomic E-state index is 0.0699. The van der Waals surface area contributed by atoms with Gasteiger partial charge in [-0.15, -0.1) is 0 Å². The summed E-state index contributed by atoms with van der Waals surface area (Å²) in [4.78, 5) is 0. The molecule has 0 heterocycles. The topological polar surface area (TPSA) is 0 Å². The van der Waals surface area contributed by atoms with E-state index in [2.05, 4.69) is 6.07 Å². The first-order valence-corrected chi connectivity index (χ1v) is 4.82. The van der Waals surface area contributed by atoms with Crippen molar-refractivity contribution >= 4 is 0 Å². The summed E-state index contributed by atoms with van der Waals surface area (Å²) < 4.78 is 51.1. The van der Waals surface area contributed by atoms with Gasteiger partial charge in [-0.05, 0) is 29.3 Å². The van der Waals surface area contributed by atoms with Crippen LogP contribution in [-0.2, 0) is 6.18 Å². The monoisotopic (exact) mass is 239 g/mol. The molecule has 2 aromatic rings. The molecule has 0 aromatic heterocycles. The van der Waals surface area contributed by atoms with Crippen LogP contribution in [0.15, 0.2) is 42.5 Å². The van der Waals surface area contributed by atoms with Gasteiger partial charge >= 0.3 is 6.18 Å². The molecule has 1 radical (unpaired) electrons. The van der Waals surface area contributed by atoms with E-state index in [4.69, 9.17) is 0 Å². The average molecular weight is 239 g/mol. The van der Waals surface area contributed by atoms with Gasteiger partial charge in [0, 0.05) is 0 Å². The minimum atomic E-state index is -4.50. The Kier molecular flexibility index (Phi) is 2.88. The molecule has 0 atom stereocenters. The second-order valence-electron chi connectivity index (χ2n) is 3.47. The van der Waals surface area contributed by atoms with E-state index < -0.39 is 17.6 Å². The van der Waals surface area contributed by atoms with Gasteiger partial charge < -0.3 is 0 Å². The SMILES string of the molecule is Fc1cccc(-c2ccc[c]c2C(F)(F)F)c1. The molecule has 0 unspecified atom stereocenters. The van der Waals surface area contributed by atoms with Crippen molar-refractivity contribution in [2.75, 3.05) is 0 Å². The zero-order valence-corrected chi connectivity index (χ0v) is 8.55. The maximum Gasteiger partial charge on any atom is 0.417 e. The van der Waals surface area contributed by atoms with E-state index in [-0.39, 0.29) is 11.1 Å². The third-order valence-electron chi connectivity index (χ3n) is 2.28. The van der Waals surface area contributed by atoms with Gasteiger partial charge in [0.05, 0.1) is 5.56 Å². The third-order valence-corrected chi connectivity index (χ3v) is 2.28. The van der Waals surface area contributed by atoms with Crippen LogP contribution >= 0.6 is 0 Å². The van der Waals surface area contributed by atoms with E-state index >= 15 is 0 Å². The maximum atomic E-state index is 13.0. The van der Waals surface area contributed by atoms with E-state index in [0.29, 0.717) is 0 Å². The molecular weight excluding hydrogens is 232 g/mol. The van der Waals surface area contributed by atoms with Crippen LogP contribution in [0, 0.1) is 11.9 Å². The minimum Gasteiger partial charge on any atom is -0.207 e. The number of halogens is 4. The Hall–Kier alpha value is -1.84. The van der Waals surface area contributed by atoms with Gasteiger partial charge in [-0.3, -0.25) is 0 Å². The second-order valence-corrected chi connectivity index (χ2v) is 3.47. The van der Waals surface area contributed by atoms with E-state index in [0.717, 1.165) is 6.07 Å². The van der Waals surface area contributed by atoms with Gasteiger partial charge in [-0.25, -0.2) is 4.39 Å². The van der Waals surface area contributed by atoms with Gasteiger partial charge in [0.1, 0.15) is 5.82 Å². The first kappa shape index (κ1) is 11.6. The van der Waals surface area contributed by atoms with Crippen LogP contribution in [-0.4, -0.2) is 0 Å². The molecule has 2 aromatic carbocycles. The first-order chi connectivity index (χ1) is 7.98. The highest BCUT2D eigenvalue weighted by Crippen LogP contribution is 2.36. The first-order valence-electron chi connectivity index (χ1n) is 4.82. The summed E-state index contributed by atoms with van der Waals surface area (Å²) in [5.74, 6) is -0.570. The zero-order chi connectivity index (χ0) is 12.5. The smallest absolute Gasteiger partial charge is 0.207 e. The zero-order valence-electron chi connectivity index (χ0n) is 8.55. The van der Waals surface area contributed by atoms with Crippen molar-refractivity contribution in [1.29, 1.82) is 0 Å². The quantitative estimate of drug-likeness (QED) is 0.650. The molecule has 0 aliphatic heterocycles. The number of rotatable bonds is 1. The fourth-order valence-electron chi connectivity index (χ4n) is 1.57. The van der Waals surface area contributed by atoms with Crippen molar-refractivity contribution in [3.63, 3.8) is 0 Å². The Morgan fingerprint density at radius 1 is 1.00 bits per heavy atom. The Bertz CT molecular complexity index is 529. The average Bonchev–Trinajstić information content (AvgIpc) is 2.28. The Morgan fingerprint density at radius 2 is 1.76 bits per heavy atom. The summed E-state index contributed by atoms with van der Waals surface area (Å²) in [6.45, 7) is 0. The second kappa shape index (κ2) is 4.20. The van der Waals surface area contributed by atoms with Crippen molar-refractivity contribution < 1.29 is 17.6 Å². The van der Waals surface area contributed by atoms with Crippen LogP contribution in [0.1, 0.15) is 5.56 Å². The van der Waals surface area contributed by atoms with Crippen LogP contribution in [0.3, 0.4) is 0 Å². The summed E-state index contributed by atoms with van der Waals surface area (Å²) in [7, 11) is 0. The van der Waals surface area contributed by atoms with Crippen molar-refractivity contribution in [2.45, 2.75) is 6.18 Å². The fourth-order valence-corrected chi connectivity index (χ4v) is 1.57. The van der Waals surface area contributed by atoms with Crippen LogP contribution in [0.5, 0.6) is 0 Å². The lowest BCUT2D eigenvalue weighted by Crippen LogP contribution is -2.07. The Balaban J connectivity index is 2.60. The molecule has 0 nitrogen and oxygen atoms in total. The van der Waals surface area contributed by atoms with Gasteiger partial charge in [0.25, 0.3) is 0 Å². The summed E-state index contributed by atoms with van der Waals surface area (Å²) in [6, 6.07) is 11.1. The third kappa shape index (κ3) is 2.46. The molecule has 0 amide bonds. The van der Waals surface area contributed by atoms with Gasteiger partial charge in [-0.2, -0.15) is 13.2 Å². The highest BCUT2D eigenvalue weighted by molar-refractivity contribution is 5.67. The van der Waals surface area contributed by atoms with Crippen LogP contribution in [0.4, 0.5) is 17.6 Å². The van der Waals surface area contributed by atoms with Gasteiger partial charge in [0.2, 0.25) is 0 Å². The molecule has 0 spiro atoms. The van der Waals surface area contributed by atoms with E-state index in [9.17, 15) is 17.6 Å². The van der Waals surface area contributed by atoms with Crippen molar-refractivity contribution in [2.24, 2.45) is 0 Å². The molecule has 0 bridgehead atoms. The van der Waals surface area contributed by atoms with Crippen molar-refractivity contribution in [3.05, 3.63) is 59.9 Å². The maximum absolute atomic E-state index is 13.0. The lowest BCUT2D eigenvalue weighted by atomic mass is 9.99. The van der Waals surface area contributed by atoms with Crippen LogP contribution in [0.25, 0.3) is 11.1 Å². The predicted molar refractivity (Wildman–Crippen MR) is 55.7 cm³/mol. The predicted octanol–water partition coefficient (Wildman–Crippen LogP) is 4.31. The Morgan fingerprint density at radius 3 is 2.41 bits per heavy atom. The highest BCUT2D eigenvalue weighted by Gasteiger charge is 2.33.